The molecule has 7 nitrogen and oxygen atoms in total. The minimum absolute atomic E-state index is 0.0740. The number of hydrogen-bond donors (Lipinski definition) is 1. The summed E-state index contributed by atoms with van der Waals surface area (Å²) >= 11 is 0. The standard InChI is InChI=1S/C17H21FN4O3/c1-10(2)14-19-13(15(23)21(5)17(3,4)16(24)25)20-22(14)12-8-6-7-11(18)9-12/h6-10H,1-5H3,(H,24,25). The zero-order chi connectivity index (χ0) is 18.9. The van der Waals surface area contributed by atoms with E-state index in [0.29, 0.717) is 11.5 Å². The Kier molecular flexibility index (Phi) is 4.92. The predicted octanol–water partition coefficient (Wildman–Crippen LogP) is 2.46. The Hall–Kier alpha value is -2.77. The number of rotatable bonds is 5. The molecule has 0 bridgehead atoms. The van der Waals surface area contributed by atoms with Gasteiger partial charge in [0, 0.05) is 13.0 Å². The lowest BCUT2D eigenvalue weighted by Gasteiger charge is -2.30. The zero-order valence-electron chi connectivity index (χ0n) is 14.8. The van der Waals surface area contributed by atoms with Crippen molar-refractivity contribution >= 4 is 11.9 Å². The van der Waals surface area contributed by atoms with Crippen molar-refractivity contribution in [2.75, 3.05) is 7.05 Å². The third-order valence-electron chi connectivity index (χ3n) is 4.06. The summed E-state index contributed by atoms with van der Waals surface area (Å²) in [6.45, 7) is 6.58. The summed E-state index contributed by atoms with van der Waals surface area (Å²) in [7, 11) is 1.38. The van der Waals surface area contributed by atoms with Gasteiger partial charge in [-0.2, -0.15) is 0 Å². The van der Waals surface area contributed by atoms with E-state index in [0.717, 1.165) is 4.90 Å². The highest BCUT2D eigenvalue weighted by atomic mass is 19.1. The number of carbonyl (C=O) groups excluding carboxylic acids is 1. The summed E-state index contributed by atoms with van der Waals surface area (Å²) in [5.41, 5.74) is -0.977. The molecule has 1 aromatic carbocycles. The lowest BCUT2D eigenvalue weighted by Crippen LogP contribution is -2.51. The van der Waals surface area contributed by atoms with E-state index in [1.54, 1.807) is 6.07 Å². The Labute approximate surface area is 145 Å². The van der Waals surface area contributed by atoms with Crippen LogP contribution in [0.25, 0.3) is 5.69 Å². The zero-order valence-corrected chi connectivity index (χ0v) is 14.8. The molecular formula is C17H21FN4O3. The number of halogens is 1. The van der Waals surface area contributed by atoms with Gasteiger partial charge in [-0.25, -0.2) is 18.9 Å². The molecule has 0 aliphatic rings. The van der Waals surface area contributed by atoms with Gasteiger partial charge in [0.25, 0.3) is 5.91 Å². The Bertz CT molecular complexity index is 814. The quantitative estimate of drug-likeness (QED) is 0.897. The number of carbonyl (C=O) groups is 2. The minimum Gasteiger partial charge on any atom is -0.480 e. The Morgan fingerprint density at radius 2 is 1.96 bits per heavy atom. The number of carboxylic acids is 1. The monoisotopic (exact) mass is 348 g/mol. The van der Waals surface area contributed by atoms with Crippen molar-refractivity contribution in [1.82, 2.24) is 19.7 Å². The summed E-state index contributed by atoms with van der Waals surface area (Å²) in [6, 6.07) is 5.80. The average Bonchev–Trinajstić information content (AvgIpc) is 2.98. The van der Waals surface area contributed by atoms with Crippen molar-refractivity contribution in [3.63, 3.8) is 0 Å². The van der Waals surface area contributed by atoms with Crippen LogP contribution in [0.4, 0.5) is 4.39 Å². The van der Waals surface area contributed by atoms with Gasteiger partial charge in [0.2, 0.25) is 5.82 Å². The summed E-state index contributed by atoms with van der Waals surface area (Å²) in [5, 5.41) is 13.5. The molecule has 8 heteroatoms. The predicted molar refractivity (Wildman–Crippen MR) is 89.2 cm³/mol. The summed E-state index contributed by atoms with van der Waals surface area (Å²) < 4.78 is 14.9. The summed E-state index contributed by atoms with van der Waals surface area (Å²) in [6.07, 6.45) is 0. The van der Waals surface area contributed by atoms with Gasteiger partial charge < -0.3 is 10.0 Å². The molecule has 0 radical (unpaired) electrons. The molecule has 134 valence electrons. The maximum absolute atomic E-state index is 13.5. The molecule has 0 saturated heterocycles. The van der Waals surface area contributed by atoms with Crippen LogP contribution in [0.3, 0.4) is 0 Å². The first kappa shape index (κ1) is 18.6. The number of nitrogens with zero attached hydrogens (tertiary/aromatic N) is 4. The van der Waals surface area contributed by atoms with E-state index < -0.39 is 23.2 Å². The molecule has 0 fully saturated rings. The SMILES string of the molecule is CC(C)c1nc(C(=O)N(C)C(C)(C)C(=O)O)nn1-c1cccc(F)c1. The largest absolute Gasteiger partial charge is 0.480 e. The van der Waals surface area contributed by atoms with E-state index in [2.05, 4.69) is 10.1 Å². The topological polar surface area (TPSA) is 88.3 Å². The van der Waals surface area contributed by atoms with Crippen LogP contribution in [0.2, 0.25) is 0 Å². The molecule has 0 spiro atoms. The van der Waals surface area contributed by atoms with Crippen LogP contribution in [0, 0.1) is 5.82 Å². The van der Waals surface area contributed by atoms with Gasteiger partial charge in [0.15, 0.2) is 0 Å². The van der Waals surface area contributed by atoms with Crippen molar-refractivity contribution in [1.29, 1.82) is 0 Å². The Morgan fingerprint density at radius 3 is 2.48 bits per heavy atom. The van der Waals surface area contributed by atoms with Crippen LogP contribution in [0.15, 0.2) is 24.3 Å². The van der Waals surface area contributed by atoms with Gasteiger partial charge in [-0.3, -0.25) is 4.79 Å². The highest BCUT2D eigenvalue weighted by Crippen LogP contribution is 2.20. The smallest absolute Gasteiger partial charge is 0.329 e. The number of aromatic nitrogens is 3. The van der Waals surface area contributed by atoms with E-state index in [1.165, 1.54) is 43.8 Å². The van der Waals surface area contributed by atoms with Crippen molar-refractivity contribution < 1.29 is 19.1 Å². The molecule has 2 aromatic rings. The maximum atomic E-state index is 13.5. The van der Waals surface area contributed by atoms with Crippen LogP contribution >= 0.6 is 0 Å². The molecule has 25 heavy (non-hydrogen) atoms. The second-order valence-corrected chi connectivity index (χ2v) is 6.57. The van der Waals surface area contributed by atoms with Crippen LogP contribution in [0.1, 0.15) is 50.1 Å². The first-order valence-electron chi connectivity index (χ1n) is 7.80. The number of aliphatic carboxylic acids is 1. The van der Waals surface area contributed by atoms with Crippen LogP contribution in [-0.4, -0.2) is 49.2 Å². The van der Waals surface area contributed by atoms with Crippen LogP contribution in [0.5, 0.6) is 0 Å². The van der Waals surface area contributed by atoms with Crippen LogP contribution in [-0.2, 0) is 4.79 Å². The fraction of sp³-hybridized carbons (Fsp3) is 0.412. The first-order chi connectivity index (χ1) is 11.6. The molecule has 0 saturated carbocycles. The summed E-state index contributed by atoms with van der Waals surface area (Å²) in [5.74, 6) is -1.92. The maximum Gasteiger partial charge on any atom is 0.329 e. The Morgan fingerprint density at radius 1 is 1.32 bits per heavy atom. The fourth-order valence-corrected chi connectivity index (χ4v) is 2.13. The second-order valence-electron chi connectivity index (χ2n) is 6.57. The number of carboxylic acid groups (broad SMARTS) is 1. The van der Waals surface area contributed by atoms with Crippen molar-refractivity contribution in [3.8, 4) is 5.69 Å². The van der Waals surface area contributed by atoms with Crippen molar-refractivity contribution in [2.45, 2.75) is 39.2 Å². The number of likely N-dealkylation sites (N-methyl/N-ethyl adjacent to an activating group) is 1. The lowest BCUT2D eigenvalue weighted by molar-refractivity contribution is -0.147. The van der Waals surface area contributed by atoms with E-state index in [4.69, 9.17) is 0 Å². The van der Waals surface area contributed by atoms with Crippen molar-refractivity contribution in [2.24, 2.45) is 0 Å². The van der Waals surface area contributed by atoms with E-state index in [1.807, 2.05) is 13.8 Å². The summed E-state index contributed by atoms with van der Waals surface area (Å²) in [4.78, 5) is 29.3. The van der Waals surface area contributed by atoms with Gasteiger partial charge in [-0.15, -0.1) is 5.10 Å². The highest BCUT2D eigenvalue weighted by Gasteiger charge is 2.37. The Balaban J connectivity index is 2.49. The van der Waals surface area contributed by atoms with E-state index in [-0.39, 0.29) is 11.7 Å². The van der Waals surface area contributed by atoms with Crippen molar-refractivity contribution in [3.05, 3.63) is 41.7 Å². The van der Waals surface area contributed by atoms with E-state index in [9.17, 15) is 19.1 Å². The average molecular weight is 348 g/mol. The first-order valence-corrected chi connectivity index (χ1v) is 7.80. The van der Waals surface area contributed by atoms with Gasteiger partial charge in [-0.1, -0.05) is 19.9 Å². The molecule has 1 amide bonds. The lowest BCUT2D eigenvalue weighted by atomic mass is 10.0. The third-order valence-corrected chi connectivity index (χ3v) is 4.06. The number of amides is 1. The molecule has 0 aliphatic heterocycles. The third kappa shape index (κ3) is 3.52. The van der Waals surface area contributed by atoms with Gasteiger partial charge >= 0.3 is 5.97 Å². The molecule has 1 N–H and O–H groups in total. The van der Waals surface area contributed by atoms with Gasteiger partial charge in [0.05, 0.1) is 5.69 Å². The van der Waals surface area contributed by atoms with Gasteiger partial charge in [0.1, 0.15) is 17.2 Å². The minimum atomic E-state index is -1.42. The molecule has 1 heterocycles. The molecule has 0 aliphatic carbocycles. The van der Waals surface area contributed by atoms with E-state index >= 15 is 0 Å². The molecule has 0 atom stereocenters. The van der Waals surface area contributed by atoms with Gasteiger partial charge in [-0.05, 0) is 32.0 Å². The molecule has 0 unspecified atom stereocenters. The highest BCUT2D eigenvalue weighted by molar-refractivity contribution is 5.94. The fourth-order valence-electron chi connectivity index (χ4n) is 2.13. The number of hydrogen-bond acceptors (Lipinski definition) is 4. The second kappa shape index (κ2) is 6.62. The molecule has 2 rings (SSSR count). The molecular weight excluding hydrogens is 327 g/mol. The molecule has 1 aromatic heterocycles. The van der Waals surface area contributed by atoms with Crippen LogP contribution < -0.4 is 0 Å². The normalized spacial score (nSPS) is 11.6. The number of benzene rings is 1.